The molecule has 136 valence electrons. The normalized spacial score (nSPS) is 34.4. The Morgan fingerprint density at radius 3 is 1.46 bits per heavy atom. The molecule has 8 heteroatoms. The summed E-state index contributed by atoms with van der Waals surface area (Å²) in [7, 11) is -1.39. The molecule has 4 unspecified atom stereocenters. The van der Waals surface area contributed by atoms with E-state index in [4.69, 9.17) is 18.3 Å². The average Bonchev–Trinajstić information content (AvgIpc) is 2.99. The van der Waals surface area contributed by atoms with Crippen LogP contribution in [-0.4, -0.2) is 56.0 Å². The number of methoxy groups -OCH3 is 2. The Morgan fingerprint density at radius 1 is 0.833 bits per heavy atom. The van der Waals surface area contributed by atoms with Crippen LogP contribution in [0.15, 0.2) is 12.2 Å². The maximum absolute atomic E-state index is 12.2. The molecule has 2 saturated heterocycles. The lowest BCUT2D eigenvalue weighted by molar-refractivity contribution is -0.142. The monoisotopic (exact) mass is 372 g/mol. The van der Waals surface area contributed by atoms with E-state index in [1.807, 2.05) is 38.3 Å². The summed E-state index contributed by atoms with van der Waals surface area (Å²) in [4.78, 5) is 24.3. The van der Waals surface area contributed by atoms with Gasteiger partial charge in [-0.1, -0.05) is 12.2 Å². The van der Waals surface area contributed by atoms with E-state index >= 15 is 0 Å². The van der Waals surface area contributed by atoms with Crippen molar-refractivity contribution >= 4 is 28.6 Å². The predicted molar refractivity (Wildman–Crippen MR) is 94.5 cm³/mol. The summed E-state index contributed by atoms with van der Waals surface area (Å²) < 4.78 is 21.8. The zero-order chi connectivity index (χ0) is 18.1. The Labute approximate surface area is 145 Å². The Kier molecular flexibility index (Phi) is 5.73. The standard InChI is InChI=1S/C16H28O6Si2/c1-19-15(17)13-11(9-21-23(13,3)4)7-8-12-10-22-24(5,6)14(12)16(18)20-2/h7-8,11-14H,9-10H2,1-6H3/b8-7+. The highest BCUT2D eigenvalue weighted by atomic mass is 28.4. The van der Waals surface area contributed by atoms with Gasteiger partial charge in [-0.2, -0.15) is 0 Å². The highest BCUT2D eigenvalue weighted by Crippen LogP contribution is 2.43. The van der Waals surface area contributed by atoms with Crippen LogP contribution in [0.5, 0.6) is 0 Å². The van der Waals surface area contributed by atoms with Crippen LogP contribution < -0.4 is 0 Å². The third-order valence-electron chi connectivity index (χ3n) is 5.17. The lowest BCUT2D eigenvalue weighted by atomic mass is 9.99. The van der Waals surface area contributed by atoms with Gasteiger partial charge in [-0.3, -0.25) is 9.59 Å². The summed E-state index contributed by atoms with van der Waals surface area (Å²) in [5, 5.41) is 0. The number of rotatable bonds is 4. The largest absolute Gasteiger partial charge is 0.469 e. The van der Waals surface area contributed by atoms with Crippen LogP contribution in [0.2, 0.25) is 37.3 Å². The van der Waals surface area contributed by atoms with Gasteiger partial charge in [0.25, 0.3) is 0 Å². The second kappa shape index (κ2) is 7.11. The number of ether oxygens (including phenoxy) is 2. The molecule has 0 aromatic heterocycles. The molecule has 2 aliphatic rings. The fourth-order valence-electron chi connectivity index (χ4n) is 3.82. The van der Waals surface area contributed by atoms with Crippen molar-refractivity contribution in [2.45, 2.75) is 37.3 Å². The summed E-state index contributed by atoms with van der Waals surface area (Å²) in [5.41, 5.74) is -0.439. The van der Waals surface area contributed by atoms with Crippen LogP contribution in [0.1, 0.15) is 0 Å². The van der Waals surface area contributed by atoms with Crippen molar-refractivity contribution in [2.75, 3.05) is 27.4 Å². The molecule has 0 bridgehead atoms. The Bertz CT molecular complexity index is 485. The van der Waals surface area contributed by atoms with E-state index in [0.29, 0.717) is 13.2 Å². The first-order chi connectivity index (χ1) is 11.1. The van der Waals surface area contributed by atoms with E-state index < -0.39 is 16.6 Å². The molecule has 0 aliphatic carbocycles. The van der Waals surface area contributed by atoms with Crippen LogP contribution >= 0.6 is 0 Å². The van der Waals surface area contributed by atoms with Gasteiger partial charge in [0.1, 0.15) is 0 Å². The highest BCUT2D eigenvalue weighted by Gasteiger charge is 2.51. The van der Waals surface area contributed by atoms with E-state index in [0.717, 1.165) is 0 Å². The number of carbonyl (C=O) groups is 2. The summed E-state index contributed by atoms with van der Waals surface area (Å²) in [6.07, 6.45) is 4.03. The Hall–Kier alpha value is -0.966. The average molecular weight is 373 g/mol. The lowest BCUT2D eigenvalue weighted by Crippen LogP contribution is -2.37. The van der Waals surface area contributed by atoms with Gasteiger partial charge in [-0.15, -0.1) is 0 Å². The molecule has 2 heterocycles. The summed E-state index contributed by atoms with van der Waals surface area (Å²) in [6, 6.07) is 0. The van der Waals surface area contributed by atoms with Gasteiger partial charge in [0.2, 0.25) is 16.6 Å². The molecule has 4 atom stereocenters. The van der Waals surface area contributed by atoms with E-state index in [1.165, 1.54) is 14.2 Å². The minimum atomic E-state index is -2.11. The second-order valence-electron chi connectivity index (χ2n) is 7.54. The van der Waals surface area contributed by atoms with Gasteiger partial charge in [0, 0.05) is 25.0 Å². The van der Waals surface area contributed by atoms with E-state index in [9.17, 15) is 9.59 Å². The SMILES string of the molecule is COC(=O)C1C(/C=C/C2CO[Si](C)(C)C2C(=O)OC)CO[Si]1(C)C. The van der Waals surface area contributed by atoms with Gasteiger partial charge < -0.3 is 18.3 Å². The Balaban J connectivity index is 2.17. The first-order valence-electron chi connectivity index (χ1n) is 8.26. The number of esters is 2. The molecule has 0 radical (unpaired) electrons. The number of hydrogen-bond donors (Lipinski definition) is 0. The second-order valence-corrected chi connectivity index (χ2v) is 15.8. The molecule has 6 nitrogen and oxygen atoms in total. The zero-order valence-corrected chi connectivity index (χ0v) is 17.3. The number of hydrogen-bond acceptors (Lipinski definition) is 6. The molecule has 2 fully saturated rings. The van der Waals surface area contributed by atoms with E-state index in [1.54, 1.807) is 0 Å². The minimum absolute atomic E-state index is 0.0113. The van der Waals surface area contributed by atoms with Gasteiger partial charge in [0.05, 0.1) is 25.3 Å². The highest BCUT2D eigenvalue weighted by molar-refractivity contribution is 6.77. The summed E-state index contributed by atoms with van der Waals surface area (Å²) in [5.74, 6) is -0.438. The van der Waals surface area contributed by atoms with Crippen molar-refractivity contribution in [2.24, 2.45) is 11.8 Å². The molecular weight excluding hydrogens is 344 g/mol. The fraction of sp³-hybridized carbons (Fsp3) is 0.750. The first kappa shape index (κ1) is 19.4. The molecule has 0 saturated carbocycles. The lowest BCUT2D eigenvalue weighted by Gasteiger charge is -2.24. The minimum Gasteiger partial charge on any atom is -0.469 e. The quantitative estimate of drug-likeness (QED) is 0.428. The van der Waals surface area contributed by atoms with E-state index in [-0.39, 0.29) is 34.9 Å². The summed E-state index contributed by atoms with van der Waals surface area (Å²) >= 11 is 0. The molecule has 0 spiro atoms. The van der Waals surface area contributed by atoms with Crippen molar-refractivity contribution in [3.63, 3.8) is 0 Å². The molecule has 0 aromatic carbocycles. The molecule has 0 amide bonds. The maximum atomic E-state index is 12.2. The van der Waals surface area contributed by atoms with Crippen molar-refractivity contribution in [1.29, 1.82) is 0 Å². The summed E-state index contributed by atoms with van der Waals surface area (Å²) in [6.45, 7) is 9.19. The van der Waals surface area contributed by atoms with Crippen molar-refractivity contribution in [1.82, 2.24) is 0 Å². The van der Waals surface area contributed by atoms with Crippen molar-refractivity contribution in [3.05, 3.63) is 12.2 Å². The van der Waals surface area contributed by atoms with Gasteiger partial charge >= 0.3 is 11.9 Å². The third-order valence-corrected chi connectivity index (χ3v) is 11.3. The fourth-order valence-corrected chi connectivity index (χ4v) is 9.27. The van der Waals surface area contributed by atoms with E-state index in [2.05, 4.69) is 0 Å². The smallest absolute Gasteiger partial charge is 0.308 e. The Morgan fingerprint density at radius 2 is 1.17 bits per heavy atom. The van der Waals surface area contributed by atoms with Crippen LogP contribution in [0.25, 0.3) is 0 Å². The molecule has 0 N–H and O–H groups in total. The first-order valence-corrected chi connectivity index (χ1v) is 14.2. The molecule has 2 aliphatic heterocycles. The zero-order valence-electron chi connectivity index (χ0n) is 15.3. The van der Waals surface area contributed by atoms with Crippen molar-refractivity contribution < 1.29 is 27.9 Å². The topological polar surface area (TPSA) is 71.1 Å². The van der Waals surface area contributed by atoms with Crippen molar-refractivity contribution in [3.8, 4) is 0 Å². The molecular formula is C16H28O6Si2. The van der Waals surface area contributed by atoms with Crippen LogP contribution in [0, 0.1) is 11.8 Å². The third kappa shape index (κ3) is 3.66. The number of carbonyl (C=O) groups excluding carboxylic acids is 2. The van der Waals surface area contributed by atoms with Crippen LogP contribution in [-0.2, 0) is 27.9 Å². The van der Waals surface area contributed by atoms with Crippen LogP contribution in [0.4, 0.5) is 0 Å². The van der Waals surface area contributed by atoms with Gasteiger partial charge in [-0.25, -0.2) is 0 Å². The molecule has 0 aromatic rings. The molecule has 24 heavy (non-hydrogen) atoms. The van der Waals surface area contributed by atoms with Crippen LogP contribution in [0.3, 0.4) is 0 Å². The maximum Gasteiger partial charge on any atom is 0.308 e. The molecule has 2 rings (SSSR count). The van der Waals surface area contributed by atoms with Gasteiger partial charge in [0.15, 0.2) is 0 Å². The van der Waals surface area contributed by atoms with Gasteiger partial charge in [-0.05, 0) is 26.2 Å². The predicted octanol–water partition coefficient (Wildman–Crippen LogP) is 2.33.